The summed E-state index contributed by atoms with van der Waals surface area (Å²) in [6.45, 7) is 0. The number of halogens is 1. The number of carboxylic acid groups (broad SMARTS) is 1. The first-order valence-electron chi connectivity index (χ1n) is 9.75. The summed E-state index contributed by atoms with van der Waals surface area (Å²) in [4.78, 5) is 24.2. The molecule has 1 N–H and O–H groups in total. The third-order valence-corrected chi connectivity index (χ3v) is 6.84. The van der Waals surface area contributed by atoms with Gasteiger partial charge in [-0.2, -0.15) is 0 Å². The third-order valence-electron chi connectivity index (χ3n) is 5.32. The van der Waals surface area contributed by atoms with Crippen LogP contribution < -0.4 is 0 Å². The Morgan fingerprint density at radius 1 is 1.00 bits per heavy atom. The van der Waals surface area contributed by atoms with E-state index in [0.717, 1.165) is 5.56 Å². The molecule has 0 heterocycles. The highest BCUT2D eigenvalue weighted by atomic mass is 35.5. The van der Waals surface area contributed by atoms with Crippen molar-refractivity contribution >= 4 is 35.1 Å². The van der Waals surface area contributed by atoms with Crippen molar-refractivity contribution in [2.45, 2.75) is 55.4 Å². The SMILES string of the molecule is O=C(C[C@@H](SCc1ccc(Cl)cc1)C(=O)O)c1ccc(C2CCCCC2)cc1. The Kier molecular flexibility index (Phi) is 7.57. The van der Waals surface area contributed by atoms with Crippen LogP contribution in [-0.2, 0) is 10.5 Å². The summed E-state index contributed by atoms with van der Waals surface area (Å²) < 4.78 is 0. The molecule has 0 aliphatic heterocycles. The predicted octanol–water partition coefficient (Wildman–Crippen LogP) is 6.35. The van der Waals surface area contributed by atoms with Crippen molar-refractivity contribution in [1.82, 2.24) is 0 Å². The number of Topliss-reactive ketones (excluding diaryl/α,β-unsaturated/α-hetero) is 1. The van der Waals surface area contributed by atoms with Gasteiger partial charge in [0.1, 0.15) is 5.25 Å². The van der Waals surface area contributed by atoms with Gasteiger partial charge in [0.2, 0.25) is 0 Å². The van der Waals surface area contributed by atoms with Crippen LogP contribution >= 0.6 is 23.4 Å². The summed E-state index contributed by atoms with van der Waals surface area (Å²) in [6, 6.07) is 15.1. The lowest BCUT2D eigenvalue weighted by atomic mass is 9.84. The van der Waals surface area contributed by atoms with Crippen molar-refractivity contribution in [1.29, 1.82) is 0 Å². The van der Waals surface area contributed by atoms with E-state index in [-0.39, 0.29) is 12.2 Å². The minimum atomic E-state index is -0.953. The predicted molar refractivity (Wildman–Crippen MR) is 115 cm³/mol. The molecule has 1 saturated carbocycles. The molecule has 0 unspecified atom stereocenters. The molecule has 0 amide bonds. The molecule has 3 rings (SSSR count). The van der Waals surface area contributed by atoms with E-state index in [1.807, 2.05) is 36.4 Å². The van der Waals surface area contributed by atoms with Crippen LogP contribution in [0.25, 0.3) is 0 Å². The van der Waals surface area contributed by atoms with Gasteiger partial charge in [0.25, 0.3) is 0 Å². The summed E-state index contributed by atoms with van der Waals surface area (Å²) in [7, 11) is 0. The smallest absolute Gasteiger partial charge is 0.317 e. The highest BCUT2D eigenvalue weighted by Gasteiger charge is 2.23. The number of carboxylic acids is 1. The maximum atomic E-state index is 12.6. The zero-order valence-electron chi connectivity index (χ0n) is 15.8. The molecule has 148 valence electrons. The van der Waals surface area contributed by atoms with E-state index in [1.54, 1.807) is 12.1 Å². The standard InChI is InChI=1S/C23H25ClO3S/c24-20-12-6-16(7-13-20)15-28-22(23(26)27)14-21(25)19-10-8-18(9-11-19)17-4-2-1-3-5-17/h6-13,17,22H,1-5,14-15H2,(H,26,27)/t22-/m1/s1. The molecule has 3 nitrogen and oxygen atoms in total. The number of aliphatic carboxylic acids is 1. The lowest BCUT2D eigenvalue weighted by Crippen LogP contribution is -2.21. The van der Waals surface area contributed by atoms with Crippen LogP contribution in [0.4, 0.5) is 0 Å². The Bertz CT molecular complexity index is 796. The molecule has 5 heteroatoms. The second-order valence-corrected chi connectivity index (χ2v) is 8.98. The maximum Gasteiger partial charge on any atom is 0.317 e. The Morgan fingerprint density at radius 2 is 1.64 bits per heavy atom. The van der Waals surface area contributed by atoms with Gasteiger partial charge in [-0.05, 0) is 42.0 Å². The number of thioether (sulfide) groups is 1. The van der Waals surface area contributed by atoms with Crippen molar-refractivity contribution in [2.75, 3.05) is 0 Å². The van der Waals surface area contributed by atoms with Crippen molar-refractivity contribution in [3.63, 3.8) is 0 Å². The lowest BCUT2D eigenvalue weighted by Gasteiger charge is -2.22. The number of rotatable bonds is 8. The van der Waals surface area contributed by atoms with Crippen LogP contribution in [0.1, 0.15) is 65.9 Å². The van der Waals surface area contributed by atoms with Crippen molar-refractivity contribution in [3.8, 4) is 0 Å². The minimum Gasteiger partial charge on any atom is -0.480 e. The fourth-order valence-corrected chi connectivity index (χ4v) is 4.78. The Hall–Kier alpha value is -1.78. The number of carbonyl (C=O) groups is 2. The van der Waals surface area contributed by atoms with E-state index < -0.39 is 11.2 Å². The third kappa shape index (κ3) is 5.86. The van der Waals surface area contributed by atoms with Gasteiger partial charge in [-0.1, -0.05) is 67.3 Å². The van der Waals surface area contributed by atoms with Crippen LogP contribution in [0.5, 0.6) is 0 Å². The number of carbonyl (C=O) groups excluding carboxylic acids is 1. The van der Waals surface area contributed by atoms with Crippen LogP contribution in [0.2, 0.25) is 5.02 Å². The Balaban J connectivity index is 1.58. The summed E-state index contributed by atoms with van der Waals surface area (Å²) in [5.74, 6) is 0.0547. The molecule has 1 aliphatic carbocycles. The number of hydrogen-bond acceptors (Lipinski definition) is 3. The Labute approximate surface area is 175 Å². The van der Waals surface area contributed by atoms with Gasteiger partial charge in [-0.15, -0.1) is 11.8 Å². The van der Waals surface area contributed by atoms with E-state index in [2.05, 4.69) is 0 Å². The van der Waals surface area contributed by atoms with Crippen molar-refractivity contribution in [2.24, 2.45) is 0 Å². The maximum absolute atomic E-state index is 12.6. The van der Waals surface area contributed by atoms with Gasteiger partial charge in [0, 0.05) is 22.8 Å². The van der Waals surface area contributed by atoms with Gasteiger partial charge < -0.3 is 5.11 Å². The largest absolute Gasteiger partial charge is 0.480 e. The molecule has 0 aromatic heterocycles. The average Bonchev–Trinajstić information content (AvgIpc) is 2.72. The molecule has 28 heavy (non-hydrogen) atoms. The van der Waals surface area contributed by atoms with Crippen molar-refractivity contribution < 1.29 is 14.7 Å². The Morgan fingerprint density at radius 3 is 2.25 bits per heavy atom. The molecule has 0 spiro atoms. The number of ketones is 1. The van der Waals surface area contributed by atoms with Gasteiger partial charge in [-0.25, -0.2) is 0 Å². The highest BCUT2D eigenvalue weighted by molar-refractivity contribution is 7.99. The summed E-state index contributed by atoms with van der Waals surface area (Å²) in [5.41, 5.74) is 2.88. The van der Waals surface area contributed by atoms with Crippen LogP contribution in [-0.4, -0.2) is 22.1 Å². The van der Waals surface area contributed by atoms with E-state index in [9.17, 15) is 14.7 Å². The van der Waals surface area contributed by atoms with Gasteiger partial charge >= 0.3 is 5.97 Å². The lowest BCUT2D eigenvalue weighted by molar-refractivity contribution is -0.136. The molecule has 1 atom stereocenters. The van der Waals surface area contributed by atoms with E-state index in [0.29, 0.717) is 22.3 Å². The molecule has 2 aromatic carbocycles. The fraction of sp³-hybridized carbons (Fsp3) is 0.391. The van der Waals surface area contributed by atoms with Crippen LogP contribution in [0.15, 0.2) is 48.5 Å². The normalized spacial score (nSPS) is 15.9. The second-order valence-electron chi connectivity index (χ2n) is 7.35. The molecule has 1 fully saturated rings. The molecule has 0 radical (unpaired) electrons. The second kappa shape index (κ2) is 10.1. The number of benzene rings is 2. The molecule has 0 saturated heterocycles. The summed E-state index contributed by atoms with van der Waals surface area (Å²) in [6.07, 6.45) is 6.30. The van der Waals surface area contributed by atoms with E-state index in [1.165, 1.54) is 49.4 Å². The molecule has 2 aromatic rings. The summed E-state index contributed by atoms with van der Waals surface area (Å²) >= 11 is 7.15. The van der Waals surface area contributed by atoms with Gasteiger partial charge in [-0.3, -0.25) is 9.59 Å². The van der Waals surface area contributed by atoms with E-state index >= 15 is 0 Å². The molecular weight excluding hydrogens is 392 g/mol. The zero-order valence-corrected chi connectivity index (χ0v) is 17.3. The highest BCUT2D eigenvalue weighted by Crippen LogP contribution is 2.32. The van der Waals surface area contributed by atoms with Crippen LogP contribution in [0, 0.1) is 0 Å². The quantitative estimate of drug-likeness (QED) is 0.509. The molecule has 1 aliphatic rings. The number of hydrogen-bond donors (Lipinski definition) is 1. The first-order chi connectivity index (χ1) is 13.5. The van der Waals surface area contributed by atoms with Crippen molar-refractivity contribution in [3.05, 3.63) is 70.2 Å². The van der Waals surface area contributed by atoms with Crippen LogP contribution in [0.3, 0.4) is 0 Å². The first kappa shape index (κ1) is 20.9. The van der Waals surface area contributed by atoms with Gasteiger partial charge in [0.05, 0.1) is 0 Å². The van der Waals surface area contributed by atoms with E-state index in [4.69, 9.17) is 11.6 Å². The van der Waals surface area contributed by atoms with Gasteiger partial charge in [0.15, 0.2) is 5.78 Å². The first-order valence-corrected chi connectivity index (χ1v) is 11.2. The fourth-order valence-electron chi connectivity index (χ4n) is 3.66. The summed E-state index contributed by atoms with van der Waals surface area (Å²) in [5, 5.41) is 9.40. The monoisotopic (exact) mass is 416 g/mol. The zero-order chi connectivity index (χ0) is 19.9. The molecule has 0 bridgehead atoms. The average molecular weight is 417 g/mol. The molecular formula is C23H25ClO3S. The minimum absolute atomic E-state index is 0.00361. The topological polar surface area (TPSA) is 54.4 Å².